The van der Waals surface area contributed by atoms with E-state index in [4.69, 9.17) is 5.11 Å². The quantitative estimate of drug-likeness (QED) is 0.744. The molecule has 1 aliphatic rings. The minimum absolute atomic E-state index is 0.0599. The molecule has 1 aliphatic heterocycles. The van der Waals surface area contributed by atoms with E-state index >= 15 is 0 Å². The summed E-state index contributed by atoms with van der Waals surface area (Å²) in [6.07, 6.45) is -0.0603. The van der Waals surface area contributed by atoms with E-state index < -0.39 is 17.7 Å². The van der Waals surface area contributed by atoms with Crippen molar-refractivity contribution >= 4 is 12.0 Å². The smallest absolute Gasteiger partial charge is 0.182 e. The number of rotatable bonds is 2. The van der Waals surface area contributed by atoms with Crippen LogP contribution < -0.4 is 4.90 Å². The topological polar surface area (TPSA) is 40.5 Å². The van der Waals surface area contributed by atoms with Gasteiger partial charge in [0.05, 0.1) is 11.8 Å². The Kier molecular flexibility index (Phi) is 2.40. The number of benzene rings is 1. The molecule has 3 nitrogen and oxygen atoms in total. The fourth-order valence-electron chi connectivity index (χ4n) is 1.61. The first-order chi connectivity index (χ1) is 7.13. The Morgan fingerprint density at radius 1 is 1.40 bits per heavy atom. The Bertz CT molecular complexity index is 403. The molecular formula is C10H9F2NO2. The number of halogens is 2. The van der Waals surface area contributed by atoms with E-state index in [0.717, 1.165) is 6.07 Å². The average Bonchev–Trinajstić information content (AvgIpc) is 2.18. The molecule has 80 valence electrons. The lowest BCUT2D eigenvalue weighted by Crippen LogP contribution is -2.51. The van der Waals surface area contributed by atoms with Crippen molar-refractivity contribution in [1.82, 2.24) is 0 Å². The van der Waals surface area contributed by atoms with Crippen molar-refractivity contribution in [1.29, 1.82) is 0 Å². The highest BCUT2D eigenvalue weighted by atomic mass is 19.2. The highest BCUT2D eigenvalue weighted by molar-refractivity contribution is 5.85. The second kappa shape index (κ2) is 3.58. The number of β-amino-alcohol motifs (C(OH)–C–C–N with tert-alkyl or cyclic N) is 1. The zero-order valence-electron chi connectivity index (χ0n) is 7.78. The van der Waals surface area contributed by atoms with Crippen LogP contribution in [0.5, 0.6) is 0 Å². The van der Waals surface area contributed by atoms with Crippen molar-refractivity contribution in [3.05, 3.63) is 29.3 Å². The van der Waals surface area contributed by atoms with Crippen LogP contribution in [0.25, 0.3) is 0 Å². The number of aliphatic hydroxyl groups excluding tert-OH is 1. The Hall–Kier alpha value is -1.49. The largest absolute Gasteiger partial charge is 0.389 e. The lowest BCUT2D eigenvalue weighted by Gasteiger charge is -2.38. The predicted molar refractivity (Wildman–Crippen MR) is 50.0 cm³/mol. The minimum atomic E-state index is -1.04. The van der Waals surface area contributed by atoms with Crippen LogP contribution in [0.1, 0.15) is 10.4 Å². The summed E-state index contributed by atoms with van der Waals surface area (Å²) in [4.78, 5) is 12.1. The molecule has 0 spiro atoms. The molecule has 0 amide bonds. The lowest BCUT2D eigenvalue weighted by molar-refractivity contribution is 0.111. The summed E-state index contributed by atoms with van der Waals surface area (Å²) in [6, 6.07) is 2.14. The number of carbonyl (C=O) groups excluding carboxylic acids is 1. The molecule has 1 N–H and O–H groups in total. The van der Waals surface area contributed by atoms with Gasteiger partial charge in [-0.1, -0.05) is 0 Å². The van der Waals surface area contributed by atoms with Crippen LogP contribution in [0.15, 0.2) is 12.1 Å². The van der Waals surface area contributed by atoms with Crippen molar-refractivity contribution in [2.24, 2.45) is 0 Å². The number of nitrogens with zero attached hydrogens (tertiary/aromatic N) is 1. The standard InChI is InChI=1S/C10H9F2NO2/c11-8-2-1-6(5-14)10(9(8)12)13-3-7(15)4-13/h1-2,5,7,15H,3-4H2. The minimum Gasteiger partial charge on any atom is -0.389 e. The van der Waals surface area contributed by atoms with Gasteiger partial charge in [0.15, 0.2) is 17.9 Å². The van der Waals surface area contributed by atoms with Crippen molar-refractivity contribution in [2.75, 3.05) is 18.0 Å². The molecule has 0 atom stereocenters. The van der Waals surface area contributed by atoms with Crippen LogP contribution in [0.2, 0.25) is 0 Å². The summed E-state index contributed by atoms with van der Waals surface area (Å²) >= 11 is 0. The third-order valence-electron chi connectivity index (χ3n) is 2.41. The summed E-state index contributed by atoms with van der Waals surface area (Å²) in [6.45, 7) is 0.447. The van der Waals surface area contributed by atoms with Crippen LogP contribution in [-0.4, -0.2) is 30.6 Å². The van der Waals surface area contributed by atoms with Crippen LogP contribution in [0, 0.1) is 11.6 Å². The fraction of sp³-hybridized carbons (Fsp3) is 0.300. The molecule has 5 heteroatoms. The van der Waals surface area contributed by atoms with Crippen molar-refractivity contribution in [3.63, 3.8) is 0 Å². The van der Waals surface area contributed by atoms with Gasteiger partial charge in [0.25, 0.3) is 0 Å². The molecule has 1 aromatic carbocycles. The highest BCUT2D eigenvalue weighted by Crippen LogP contribution is 2.29. The third-order valence-corrected chi connectivity index (χ3v) is 2.41. The van der Waals surface area contributed by atoms with E-state index in [1.165, 1.54) is 11.0 Å². The summed E-state index contributed by atoms with van der Waals surface area (Å²) < 4.78 is 26.3. The number of hydrogen-bond acceptors (Lipinski definition) is 3. The SMILES string of the molecule is O=Cc1ccc(F)c(F)c1N1CC(O)C1. The van der Waals surface area contributed by atoms with E-state index in [1.54, 1.807) is 0 Å². The second-order valence-electron chi connectivity index (χ2n) is 3.48. The molecule has 0 bridgehead atoms. The zero-order valence-corrected chi connectivity index (χ0v) is 7.78. The van der Waals surface area contributed by atoms with Crippen LogP contribution in [-0.2, 0) is 0 Å². The van der Waals surface area contributed by atoms with E-state index in [1.807, 2.05) is 0 Å². The number of aliphatic hydroxyl groups is 1. The molecule has 0 unspecified atom stereocenters. The normalized spacial score (nSPS) is 16.3. The van der Waals surface area contributed by atoms with Gasteiger partial charge >= 0.3 is 0 Å². The van der Waals surface area contributed by atoms with E-state index in [-0.39, 0.29) is 24.3 Å². The Morgan fingerprint density at radius 2 is 2.07 bits per heavy atom. The maximum absolute atomic E-state index is 13.4. The molecule has 1 fully saturated rings. The molecule has 1 aromatic rings. The molecule has 1 saturated heterocycles. The number of carbonyl (C=O) groups is 1. The maximum atomic E-state index is 13.4. The average molecular weight is 213 g/mol. The van der Waals surface area contributed by atoms with Gasteiger partial charge in [-0.25, -0.2) is 8.78 Å². The molecular weight excluding hydrogens is 204 g/mol. The summed E-state index contributed by atoms with van der Waals surface area (Å²) in [7, 11) is 0. The van der Waals surface area contributed by atoms with Crippen molar-refractivity contribution < 1.29 is 18.7 Å². The monoisotopic (exact) mass is 213 g/mol. The lowest BCUT2D eigenvalue weighted by atomic mass is 10.1. The van der Waals surface area contributed by atoms with Crippen LogP contribution in [0.3, 0.4) is 0 Å². The van der Waals surface area contributed by atoms with Crippen molar-refractivity contribution in [2.45, 2.75) is 6.10 Å². The molecule has 0 radical (unpaired) electrons. The van der Waals surface area contributed by atoms with Gasteiger partial charge in [-0.3, -0.25) is 4.79 Å². The molecule has 0 aromatic heterocycles. The van der Waals surface area contributed by atoms with Crippen LogP contribution >= 0.6 is 0 Å². The van der Waals surface area contributed by atoms with Gasteiger partial charge in [0.2, 0.25) is 0 Å². The van der Waals surface area contributed by atoms with E-state index in [0.29, 0.717) is 6.29 Å². The summed E-state index contributed by atoms with van der Waals surface area (Å²) in [5.74, 6) is -2.02. The first-order valence-electron chi connectivity index (χ1n) is 4.49. The highest BCUT2D eigenvalue weighted by Gasteiger charge is 2.29. The first-order valence-corrected chi connectivity index (χ1v) is 4.49. The summed E-state index contributed by atoms with van der Waals surface area (Å²) in [5.41, 5.74) is 0.0381. The van der Waals surface area contributed by atoms with E-state index in [9.17, 15) is 13.6 Å². The molecule has 15 heavy (non-hydrogen) atoms. The number of hydrogen-bond donors (Lipinski definition) is 1. The molecule has 1 heterocycles. The Labute approximate surface area is 84.9 Å². The van der Waals surface area contributed by atoms with Gasteiger partial charge in [-0.05, 0) is 12.1 Å². The van der Waals surface area contributed by atoms with Gasteiger partial charge in [-0.15, -0.1) is 0 Å². The third kappa shape index (κ3) is 1.59. The van der Waals surface area contributed by atoms with Gasteiger partial charge in [0.1, 0.15) is 0 Å². The van der Waals surface area contributed by atoms with Gasteiger partial charge in [0, 0.05) is 18.7 Å². The second-order valence-corrected chi connectivity index (χ2v) is 3.48. The number of anilines is 1. The maximum Gasteiger partial charge on any atom is 0.182 e. The van der Waals surface area contributed by atoms with Crippen molar-refractivity contribution in [3.8, 4) is 0 Å². The molecule has 2 rings (SSSR count). The van der Waals surface area contributed by atoms with Crippen LogP contribution in [0.4, 0.5) is 14.5 Å². The summed E-state index contributed by atoms with van der Waals surface area (Å²) in [5, 5.41) is 9.06. The predicted octanol–water partition coefficient (Wildman–Crippen LogP) is 0.958. The number of aldehydes is 1. The van der Waals surface area contributed by atoms with E-state index in [2.05, 4.69) is 0 Å². The molecule has 0 saturated carbocycles. The Morgan fingerprint density at radius 3 is 2.60 bits per heavy atom. The molecule has 0 aliphatic carbocycles. The van der Waals surface area contributed by atoms with Gasteiger partial charge in [-0.2, -0.15) is 0 Å². The Balaban J connectivity index is 2.43. The zero-order chi connectivity index (χ0) is 11.0. The van der Waals surface area contributed by atoms with Gasteiger partial charge < -0.3 is 10.0 Å². The fourth-order valence-corrected chi connectivity index (χ4v) is 1.61. The first kappa shape index (κ1) is 10.0.